The van der Waals surface area contributed by atoms with Crippen LogP contribution in [-0.2, 0) is 5.41 Å². The summed E-state index contributed by atoms with van der Waals surface area (Å²) >= 11 is 0. The van der Waals surface area contributed by atoms with Crippen LogP contribution in [0.4, 0.5) is 5.69 Å². The first-order valence-electron chi connectivity index (χ1n) is 20.9. The standard InChI is InChI=1S/C48H69NO/c1-5-9-13-15-17-19-21-33-48(34-22-20-18-16-14-10-6-2)46-37-41(27-31-44(46)45-32-28-42(39-50)38-47(45)48)24-23-40-25-29-43(30-26-40)49(35-11-7-3)36-12-8-4/h23-32,37-39H,5-22,33-36H2,1-4H3/b24-23+. The molecule has 3 aromatic rings. The summed E-state index contributed by atoms with van der Waals surface area (Å²) in [6.45, 7) is 11.4. The van der Waals surface area contributed by atoms with Crippen LogP contribution < -0.4 is 4.90 Å². The van der Waals surface area contributed by atoms with Gasteiger partial charge in [-0.15, -0.1) is 0 Å². The zero-order valence-corrected chi connectivity index (χ0v) is 32.4. The number of aldehydes is 1. The second kappa shape index (κ2) is 21.9. The van der Waals surface area contributed by atoms with Gasteiger partial charge in [0.25, 0.3) is 0 Å². The van der Waals surface area contributed by atoms with Crippen LogP contribution in [0.3, 0.4) is 0 Å². The van der Waals surface area contributed by atoms with E-state index in [-0.39, 0.29) is 5.41 Å². The minimum atomic E-state index is -0.0253. The molecule has 0 heterocycles. The molecule has 0 bridgehead atoms. The molecule has 2 nitrogen and oxygen atoms in total. The molecule has 0 radical (unpaired) electrons. The molecule has 0 saturated heterocycles. The number of carbonyl (C=O) groups is 1. The van der Waals surface area contributed by atoms with Gasteiger partial charge < -0.3 is 4.90 Å². The van der Waals surface area contributed by atoms with Gasteiger partial charge in [-0.05, 0) is 77.3 Å². The Hall–Kier alpha value is -3.13. The van der Waals surface area contributed by atoms with Crippen molar-refractivity contribution >= 4 is 24.1 Å². The third-order valence-electron chi connectivity index (χ3n) is 11.2. The van der Waals surface area contributed by atoms with Crippen LogP contribution in [-0.4, -0.2) is 19.4 Å². The first kappa shape index (κ1) is 39.7. The fourth-order valence-corrected chi connectivity index (χ4v) is 8.20. The second-order valence-electron chi connectivity index (χ2n) is 15.2. The maximum absolute atomic E-state index is 12.1. The van der Waals surface area contributed by atoms with Gasteiger partial charge in [-0.1, -0.05) is 185 Å². The van der Waals surface area contributed by atoms with Crippen molar-refractivity contribution in [3.05, 3.63) is 88.5 Å². The highest BCUT2D eigenvalue weighted by Gasteiger charge is 2.42. The van der Waals surface area contributed by atoms with Gasteiger partial charge >= 0.3 is 0 Å². The Morgan fingerprint density at radius 3 is 1.40 bits per heavy atom. The van der Waals surface area contributed by atoms with E-state index in [1.807, 2.05) is 6.07 Å². The predicted molar refractivity (Wildman–Crippen MR) is 221 cm³/mol. The summed E-state index contributed by atoms with van der Waals surface area (Å²) in [4.78, 5) is 14.6. The molecule has 4 rings (SSSR count). The van der Waals surface area contributed by atoms with E-state index >= 15 is 0 Å². The number of nitrogens with zero attached hydrogens (tertiary/aromatic N) is 1. The lowest BCUT2D eigenvalue weighted by Crippen LogP contribution is -2.26. The lowest BCUT2D eigenvalue weighted by molar-refractivity contribution is 0.112. The Morgan fingerprint density at radius 1 is 0.480 bits per heavy atom. The summed E-state index contributed by atoms with van der Waals surface area (Å²) in [5, 5.41) is 0. The van der Waals surface area contributed by atoms with E-state index in [1.54, 1.807) is 0 Å². The highest BCUT2D eigenvalue weighted by atomic mass is 16.1. The Balaban J connectivity index is 1.60. The molecule has 0 aliphatic heterocycles. The third-order valence-corrected chi connectivity index (χ3v) is 11.2. The number of benzene rings is 3. The molecule has 0 amide bonds. The number of anilines is 1. The van der Waals surface area contributed by atoms with Gasteiger partial charge in [-0.2, -0.15) is 0 Å². The van der Waals surface area contributed by atoms with Crippen molar-refractivity contribution in [1.82, 2.24) is 0 Å². The van der Waals surface area contributed by atoms with E-state index in [2.05, 4.69) is 99.3 Å². The fraction of sp³-hybridized carbons (Fsp3) is 0.562. The van der Waals surface area contributed by atoms with Crippen LogP contribution in [0.15, 0.2) is 60.7 Å². The molecule has 50 heavy (non-hydrogen) atoms. The molecule has 3 aromatic carbocycles. The van der Waals surface area contributed by atoms with Crippen molar-refractivity contribution in [2.75, 3.05) is 18.0 Å². The van der Waals surface area contributed by atoms with Crippen molar-refractivity contribution in [2.45, 2.75) is 162 Å². The van der Waals surface area contributed by atoms with Crippen molar-refractivity contribution in [2.24, 2.45) is 0 Å². The Bertz CT molecular complexity index is 1410. The molecule has 0 spiro atoms. The summed E-state index contributed by atoms with van der Waals surface area (Å²) in [6, 6.07) is 22.9. The number of hydrogen-bond donors (Lipinski definition) is 0. The van der Waals surface area contributed by atoms with E-state index in [0.29, 0.717) is 0 Å². The van der Waals surface area contributed by atoms with Gasteiger partial charge in [-0.3, -0.25) is 4.79 Å². The molecule has 0 N–H and O–H groups in total. The molecular weight excluding hydrogens is 607 g/mol. The molecule has 0 aromatic heterocycles. The quantitative estimate of drug-likeness (QED) is 0.0479. The van der Waals surface area contributed by atoms with Crippen molar-refractivity contribution in [3.8, 4) is 11.1 Å². The van der Waals surface area contributed by atoms with Crippen molar-refractivity contribution in [3.63, 3.8) is 0 Å². The monoisotopic (exact) mass is 676 g/mol. The van der Waals surface area contributed by atoms with Crippen molar-refractivity contribution < 1.29 is 4.79 Å². The van der Waals surface area contributed by atoms with E-state index < -0.39 is 0 Å². The Morgan fingerprint density at radius 2 is 0.900 bits per heavy atom. The van der Waals surface area contributed by atoms with E-state index in [4.69, 9.17) is 0 Å². The van der Waals surface area contributed by atoms with Crippen LogP contribution in [0.25, 0.3) is 23.3 Å². The molecule has 0 fully saturated rings. The average Bonchev–Trinajstić information content (AvgIpc) is 3.41. The highest BCUT2D eigenvalue weighted by Crippen LogP contribution is 2.54. The summed E-state index contributed by atoms with van der Waals surface area (Å²) in [5.41, 5.74) is 10.3. The van der Waals surface area contributed by atoms with E-state index in [0.717, 1.165) is 24.9 Å². The molecule has 0 atom stereocenters. The summed E-state index contributed by atoms with van der Waals surface area (Å²) in [5.74, 6) is 0. The molecular formula is C48H69NO. The maximum Gasteiger partial charge on any atom is 0.150 e. The first-order valence-corrected chi connectivity index (χ1v) is 20.9. The van der Waals surface area contributed by atoms with Crippen LogP contribution >= 0.6 is 0 Å². The predicted octanol–water partition coefficient (Wildman–Crippen LogP) is 14.6. The topological polar surface area (TPSA) is 20.3 Å². The summed E-state index contributed by atoms with van der Waals surface area (Å²) in [6.07, 6.45) is 31.4. The number of carbonyl (C=O) groups excluding carboxylic acids is 1. The normalized spacial score (nSPS) is 13.1. The lowest BCUT2D eigenvalue weighted by Gasteiger charge is -2.33. The summed E-state index contributed by atoms with van der Waals surface area (Å²) < 4.78 is 0. The number of unbranched alkanes of at least 4 members (excludes halogenated alkanes) is 14. The average molecular weight is 676 g/mol. The Kier molecular flexibility index (Phi) is 17.4. The SMILES string of the molecule is CCCCCCCCCC1(CCCCCCCCC)c2cc(C=O)ccc2-c2ccc(/C=C/c3ccc(N(CCCC)CCCC)cc3)cc21. The van der Waals surface area contributed by atoms with Gasteiger partial charge in [0, 0.05) is 29.8 Å². The van der Waals surface area contributed by atoms with Crippen LogP contribution in [0.1, 0.15) is 189 Å². The Labute approximate surface area is 307 Å². The number of hydrogen-bond acceptors (Lipinski definition) is 2. The van der Waals surface area contributed by atoms with E-state index in [9.17, 15) is 4.79 Å². The van der Waals surface area contributed by atoms with Gasteiger partial charge in [0.15, 0.2) is 0 Å². The number of fused-ring (bicyclic) bond motifs is 3. The molecule has 2 heteroatoms. The van der Waals surface area contributed by atoms with Crippen molar-refractivity contribution in [1.29, 1.82) is 0 Å². The smallest absolute Gasteiger partial charge is 0.150 e. The van der Waals surface area contributed by atoms with Gasteiger partial charge in [0.2, 0.25) is 0 Å². The highest BCUT2D eigenvalue weighted by molar-refractivity contribution is 5.86. The minimum absolute atomic E-state index is 0.0253. The molecule has 1 aliphatic carbocycles. The molecule has 0 unspecified atom stereocenters. The fourth-order valence-electron chi connectivity index (χ4n) is 8.20. The van der Waals surface area contributed by atoms with Gasteiger partial charge in [0.05, 0.1) is 0 Å². The third kappa shape index (κ3) is 11.2. The first-order chi connectivity index (χ1) is 24.6. The summed E-state index contributed by atoms with van der Waals surface area (Å²) in [7, 11) is 0. The molecule has 1 aliphatic rings. The number of rotatable bonds is 26. The lowest BCUT2D eigenvalue weighted by atomic mass is 9.70. The van der Waals surface area contributed by atoms with Crippen LogP contribution in [0.2, 0.25) is 0 Å². The molecule has 0 saturated carbocycles. The zero-order valence-electron chi connectivity index (χ0n) is 32.4. The second-order valence-corrected chi connectivity index (χ2v) is 15.2. The maximum atomic E-state index is 12.1. The minimum Gasteiger partial charge on any atom is -0.372 e. The molecule has 272 valence electrons. The van der Waals surface area contributed by atoms with E-state index in [1.165, 1.54) is 167 Å². The largest absolute Gasteiger partial charge is 0.372 e. The van der Waals surface area contributed by atoms with Gasteiger partial charge in [0.1, 0.15) is 6.29 Å². The van der Waals surface area contributed by atoms with Gasteiger partial charge in [-0.25, -0.2) is 0 Å². The van der Waals surface area contributed by atoms with Crippen LogP contribution in [0.5, 0.6) is 0 Å². The zero-order chi connectivity index (χ0) is 35.4. The van der Waals surface area contributed by atoms with Crippen LogP contribution in [0, 0.1) is 0 Å².